The molecule has 0 saturated carbocycles. The van der Waals surface area contributed by atoms with Crippen molar-refractivity contribution < 1.29 is 13.2 Å². The van der Waals surface area contributed by atoms with Gasteiger partial charge in [-0.3, -0.25) is 15.0 Å². The van der Waals surface area contributed by atoms with Crippen LogP contribution in [0.1, 0.15) is 36.1 Å². The summed E-state index contributed by atoms with van der Waals surface area (Å²) >= 11 is 0. The monoisotopic (exact) mass is 453 g/mol. The van der Waals surface area contributed by atoms with Gasteiger partial charge in [-0.2, -0.15) is 18.3 Å². The molecule has 2 aromatic carbocycles. The van der Waals surface area contributed by atoms with Gasteiger partial charge in [0.1, 0.15) is 0 Å². The smallest absolute Gasteiger partial charge is 0.377 e. The van der Waals surface area contributed by atoms with Crippen LogP contribution >= 0.6 is 0 Å². The minimum absolute atomic E-state index is 0.203. The molecule has 2 N–H and O–H groups in total. The number of rotatable bonds is 5. The average Bonchev–Trinajstić information content (AvgIpc) is 3.48. The fraction of sp³-hybridized carbons (Fsp3) is 0.360. The van der Waals surface area contributed by atoms with Gasteiger partial charge in [-0.15, -0.1) is 0 Å². The lowest BCUT2D eigenvalue weighted by Gasteiger charge is -2.42. The molecule has 5 rings (SSSR count). The molecule has 8 heteroatoms. The van der Waals surface area contributed by atoms with Crippen molar-refractivity contribution in [2.24, 2.45) is 4.99 Å². The molecule has 0 unspecified atom stereocenters. The summed E-state index contributed by atoms with van der Waals surface area (Å²) in [5.41, 5.74) is 5.77. The standard InChI is InChI=1S/C25H26F3N5/c1-16-10-19-11-18(20-12-30-31-13-20)4-7-23(19)24(33(16)15-25(26,27)28)17-2-5-21(6-3-17)32-22-8-9-29-14-22/h2-7,11-14,16,22,24,32H,8-10,15H2,1H3,(H,30,31)/t16-,22+,24-/m1/s1. The maximum absolute atomic E-state index is 13.5. The molecule has 172 valence electrons. The van der Waals surface area contributed by atoms with Crippen LogP contribution in [0.2, 0.25) is 0 Å². The first-order valence-electron chi connectivity index (χ1n) is 11.2. The second-order valence-electron chi connectivity index (χ2n) is 8.86. The molecular formula is C25H26F3N5. The number of nitrogens with zero attached hydrogens (tertiary/aromatic N) is 3. The Balaban J connectivity index is 1.50. The highest BCUT2D eigenvalue weighted by Crippen LogP contribution is 2.41. The van der Waals surface area contributed by atoms with Crippen LogP contribution < -0.4 is 5.32 Å². The van der Waals surface area contributed by atoms with Crippen molar-refractivity contribution in [3.05, 3.63) is 71.5 Å². The number of aromatic nitrogens is 2. The predicted molar refractivity (Wildman–Crippen MR) is 124 cm³/mol. The van der Waals surface area contributed by atoms with E-state index in [4.69, 9.17) is 0 Å². The minimum Gasteiger partial charge on any atom is -0.377 e. The molecule has 1 aromatic heterocycles. The van der Waals surface area contributed by atoms with Crippen LogP contribution in [0.3, 0.4) is 0 Å². The van der Waals surface area contributed by atoms with E-state index in [0.717, 1.165) is 46.5 Å². The molecule has 0 bridgehead atoms. The molecule has 0 aliphatic carbocycles. The molecule has 2 aliphatic rings. The normalized spacial score (nSPS) is 23.0. The van der Waals surface area contributed by atoms with Crippen molar-refractivity contribution in [2.75, 3.05) is 18.4 Å². The maximum Gasteiger partial charge on any atom is 0.401 e. The summed E-state index contributed by atoms with van der Waals surface area (Å²) in [4.78, 5) is 5.82. The summed E-state index contributed by atoms with van der Waals surface area (Å²) in [6.07, 6.45) is 2.73. The number of hydrogen-bond donors (Lipinski definition) is 2. The average molecular weight is 454 g/mol. The van der Waals surface area contributed by atoms with Crippen LogP contribution in [-0.2, 0) is 6.42 Å². The third-order valence-corrected chi connectivity index (χ3v) is 6.48. The first kappa shape index (κ1) is 21.7. The summed E-state index contributed by atoms with van der Waals surface area (Å²) in [5.74, 6) is 0. The van der Waals surface area contributed by atoms with Gasteiger partial charge in [0, 0.05) is 36.2 Å². The lowest BCUT2D eigenvalue weighted by Crippen LogP contribution is -2.47. The summed E-state index contributed by atoms with van der Waals surface area (Å²) < 4.78 is 40.6. The topological polar surface area (TPSA) is 56.3 Å². The number of hydrogen-bond acceptors (Lipinski definition) is 4. The van der Waals surface area contributed by atoms with E-state index >= 15 is 0 Å². The van der Waals surface area contributed by atoms with Gasteiger partial charge in [0.15, 0.2) is 0 Å². The van der Waals surface area contributed by atoms with Crippen molar-refractivity contribution >= 4 is 11.9 Å². The molecule has 0 fully saturated rings. The third kappa shape index (κ3) is 4.66. The van der Waals surface area contributed by atoms with Crippen LogP contribution in [0, 0.1) is 0 Å². The van der Waals surface area contributed by atoms with Crippen LogP contribution in [0.25, 0.3) is 11.1 Å². The summed E-state index contributed by atoms with van der Waals surface area (Å²) in [5, 5.41) is 10.3. The molecular weight excluding hydrogens is 427 g/mol. The number of benzene rings is 2. The van der Waals surface area contributed by atoms with Crippen LogP contribution in [-0.4, -0.2) is 52.7 Å². The SMILES string of the molecule is C[C@@H]1Cc2cc(-c3cn[nH]c3)ccc2[C@@H](c2ccc(N[C@@H]3C=NCC3)cc2)N1CC(F)(F)F. The second-order valence-corrected chi connectivity index (χ2v) is 8.86. The van der Waals surface area contributed by atoms with Gasteiger partial charge in [-0.25, -0.2) is 0 Å². The van der Waals surface area contributed by atoms with Gasteiger partial charge in [0.05, 0.1) is 24.8 Å². The van der Waals surface area contributed by atoms with E-state index < -0.39 is 18.8 Å². The lowest BCUT2D eigenvalue weighted by molar-refractivity contribution is -0.155. The van der Waals surface area contributed by atoms with Gasteiger partial charge < -0.3 is 5.32 Å². The Kier molecular flexibility index (Phi) is 5.70. The fourth-order valence-electron chi connectivity index (χ4n) is 4.91. The molecule has 3 atom stereocenters. The molecule has 0 spiro atoms. The van der Waals surface area contributed by atoms with Gasteiger partial charge in [0.2, 0.25) is 0 Å². The zero-order valence-corrected chi connectivity index (χ0v) is 18.3. The Morgan fingerprint density at radius 1 is 1.12 bits per heavy atom. The Morgan fingerprint density at radius 3 is 2.61 bits per heavy atom. The van der Waals surface area contributed by atoms with Gasteiger partial charge in [0.25, 0.3) is 0 Å². The Hall–Kier alpha value is -3.13. The summed E-state index contributed by atoms with van der Waals surface area (Å²) in [6, 6.07) is 13.3. The number of aliphatic imine (C=N–C) groups is 1. The second kappa shape index (κ2) is 8.67. The van der Waals surface area contributed by atoms with E-state index in [1.54, 1.807) is 11.1 Å². The van der Waals surface area contributed by atoms with E-state index in [2.05, 4.69) is 26.6 Å². The van der Waals surface area contributed by atoms with Gasteiger partial charge in [-0.05, 0) is 54.2 Å². The third-order valence-electron chi connectivity index (χ3n) is 6.48. The molecule has 3 aromatic rings. The molecule has 3 heterocycles. The predicted octanol–water partition coefficient (Wildman–Crippen LogP) is 5.23. The largest absolute Gasteiger partial charge is 0.401 e. The van der Waals surface area contributed by atoms with Crippen LogP contribution in [0.4, 0.5) is 18.9 Å². The van der Waals surface area contributed by atoms with Crippen molar-refractivity contribution in [1.29, 1.82) is 0 Å². The van der Waals surface area contributed by atoms with Crippen LogP contribution in [0.15, 0.2) is 59.9 Å². The zero-order valence-electron chi connectivity index (χ0n) is 18.3. The Bertz CT molecular complexity index is 1120. The highest BCUT2D eigenvalue weighted by atomic mass is 19.4. The zero-order chi connectivity index (χ0) is 23.0. The number of nitrogens with one attached hydrogen (secondary N) is 2. The molecule has 5 nitrogen and oxygen atoms in total. The maximum atomic E-state index is 13.5. The van der Waals surface area contributed by atoms with E-state index in [9.17, 15) is 13.2 Å². The Labute approximate surface area is 190 Å². The minimum atomic E-state index is -4.27. The van der Waals surface area contributed by atoms with E-state index in [1.807, 2.05) is 55.7 Å². The number of H-pyrrole nitrogens is 1. The molecule has 0 saturated heterocycles. The summed E-state index contributed by atoms with van der Waals surface area (Å²) in [7, 11) is 0. The quantitative estimate of drug-likeness (QED) is 0.556. The first-order chi connectivity index (χ1) is 15.9. The molecule has 33 heavy (non-hydrogen) atoms. The molecule has 0 amide bonds. The first-order valence-corrected chi connectivity index (χ1v) is 11.2. The number of aromatic amines is 1. The number of anilines is 1. The van der Waals surface area contributed by atoms with Crippen LogP contribution in [0.5, 0.6) is 0 Å². The molecule has 2 aliphatic heterocycles. The van der Waals surface area contributed by atoms with Crippen molar-refractivity contribution in [1.82, 2.24) is 15.1 Å². The highest BCUT2D eigenvalue weighted by Gasteiger charge is 2.40. The summed E-state index contributed by atoms with van der Waals surface area (Å²) in [6.45, 7) is 1.75. The van der Waals surface area contributed by atoms with E-state index in [0.29, 0.717) is 6.42 Å². The highest BCUT2D eigenvalue weighted by molar-refractivity contribution is 5.71. The number of fused-ring (bicyclic) bond motifs is 1. The number of alkyl halides is 3. The van der Waals surface area contributed by atoms with Crippen molar-refractivity contribution in [2.45, 2.75) is 44.1 Å². The number of halogens is 3. The van der Waals surface area contributed by atoms with Gasteiger partial charge in [-0.1, -0.05) is 30.3 Å². The lowest BCUT2D eigenvalue weighted by atomic mass is 9.83. The molecule has 0 radical (unpaired) electrons. The Morgan fingerprint density at radius 2 is 1.94 bits per heavy atom. The van der Waals surface area contributed by atoms with Crippen molar-refractivity contribution in [3.63, 3.8) is 0 Å². The fourth-order valence-corrected chi connectivity index (χ4v) is 4.91. The van der Waals surface area contributed by atoms with Gasteiger partial charge >= 0.3 is 6.18 Å². The van der Waals surface area contributed by atoms with E-state index in [1.165, 1.54) is 0 Å². The van der Waals surface area contributed by atoms with E-state index in [-0.39, 0.29) is 12.1 Å². The van der Waals surface area contributed by atoms with Crippen molar-refractivity contribution in [3.8, 4) is 11.1 Å².